The molecule has 0 saturated heterocycles. The van der Waals surface area contributed by atoms with E-state index in [-0.39, 0.29) is 7.48 Å². The Labute approximate surface area is 77.5 Å². The highest BCUT2D eigenvalue weighted by Crippen LogP contribution is 2.25. The van der Waals surface area contributed by atoms with Crippen LogP contribution in [0, 0.1) is 0 Å². The van der Waals surface area contributed by atoms with Crippen LogP contribution in [0.4, 0.5) is 22.0 Å². The Morgan fingerprint density at radius 3 is 1.93 bits per heavy atom. The Kier molecular flexibility index (Phi) is 5.15. The van der Waals surface area contributed by atoms with Crippen molar-refractivity contribution >= 4 is 7.48 Å². The summed E-state index contributed by atoms with van der Waals surface area (Å²) in [4.78, 5) is 0. The van der Waals surface area contributed by atoms with Crippen molar-refractivity contribution in [1.29, 1.82) is 0 Å². The number of halogens is 5. The molecule has 0 spiro atoms. The second kappa shape index (κ2) is 5.59. The molecule has 1 radical (unpaired) electrons. The predicted octanol–water partition coefficient (Wildman–Crippen LogP) is 2.73. The smallest absolute Gasteiger partial charge is 0.333 e. The van der Waals surface area contributed by atoms with Crippen molar-refractivity contribution in [2.45, 2.75) is 6.92 Å². The maximum atomic E-state index is 12.6. The summed E-state index contributed by atoms with van der Waals surface area (Å²) in [5, 5.41) is 8.28. The Balaban J connectivity index is 5.37. The highest BCUT2D eigenvalue weighted by Gasteiger charge is 2.18. The predicted molar refractivity (Wildman–Crippen MR) is 41.3 cm³/mol. The Bertz CT molecular complexity index is 303. The van der Waals surface area contributed by atoms with Gasteiger partial charge in [0.15, 0.2) is 17.5 Å². The van der Waals surface area contributed by atoms with E-state index in [0.717, 1.165) is 0 Å². The topological polar surface area (TPSA) is 20.2 Å². The van der Waals surface area contributed by atoms with E-state index in [0.29, 0.717) is 6.92 Å². The van der Waals surface area contributed by atoms with E-state index in [1.54, 1.807) is 0 Å². The van der Waals surface area contributed by atoms with Crippen LogP contribution in [0.3, 0.4) is 0 Å². The van der Waals surface area contributed by atoms with Crippen molar-refractivity contribution in [1.82, 2.24) is 0 Å². The van der Waals surface area contributed by atoms with E-state index in [1.807, 2.05) is 0 Å². The number of rotatable bonds is 3. The van der Waals surface area contributed by atoms with Crippen LogP contribution >= 0.6 is 0 Å². The van der Waals surface area contributed by atoms with Crippen LogP contribution in [0.1, 0.15) is 6.92 Å². The third kappa shape index (κ3) is 2.99. The summed E-state index contributed by atoms with van der Waals surface area (Å²) in [5.41, 5.74) is -1.39. The molecular formula is C7H5BF5O. The van der Waals surface area contributed by atoms with Crippen molar-refractivity contribution in [3.63, 3.8) is 0 Å². The average Bonchev–Trinajstić information content (AvgIpc) is 2.17. The lowest BCUT2D eigenvalue weighted by Crippen LogP contribution is -2.01. The summed E-state index contributed by atoms with van der Waals surface area (Å²) in [7, 11) is -0.198. The van der Waals surface area contributed by atoms with Crippen molar-refractivity contribution in [3.8, 4) is 0 Å². The normalized spacial score (nSPS) is 16.1. The largest absolute Gasteiger partial charge is 0.450 e. The molecule has 0 aliphatic carbocycles. The SMILES string of the molecule is C\C(F)=C(F)/C([B]O)=C(F)\C(F)=C\F. The van der Waals surface area contributed by atoms with Crippen LogP contribution in [-0.4, -0.2) is 12.5 Å². The van der Waals surface area contributed by atoms with Gasteiger partial charge in [0.05, 0.1) is 0 Å². The molecule has 7 heteroatoms. The van der Waals surface area contributed by atoms with E-state index in [9.17, 15) is 22.0 Å². The fraction of sp³-hybridized carbons (Fsp3) is 0.143. The van der Waals surface area contributed by atoms with Crippen LogP contribution in [0.5, 0.6) is 0 Å². The Hall–Kier alpha value is -1.11. The lowest BCUT2D eigenvalue weighted by Gasteiger charge is -2.01. The second-order valence-electron chi connectivity index (χ2n) is 2.16. The van der Waals surface area contributed by atoms with Gasteiger partial charge in [-0.1, -0.05) is 0 Å². The first-order valence-electron chi connectivity index (χ1n) is 3.31. The molecule has 0 aliphatic rings. The van der Waals surface area contributed by atoms with E-state index < -0.39 is 35.1 Å². The number of allylic oxidation sites excluding steroid dienone is 5. The van der Waals surface area contributed by atoms with Gasteiger partial charge in [0.1, 0.15) is 12.2 Å². The van der Waals surface area contributed by atoms with Gasteiger partial charge >= 0.3 is 7.48 Å². The standard InChI is InChI=1S/C7H5BF5O/c1-3(10)6(12)5(8-14)7(13)4(11)2-9/h2,14H,1H3/b4-2-,6-3-,7-5-. The van der Waals surface area contributed by atoms with E-state index in [1.165, 1.54) is 0 Å². The summed E-state index contributed by atoms with van der Waals surface area (Å²) in [5.74, 6) is -7.33. The van der Waals surface area contributed by atoms with Gasteiger partial charge in [-0.25, -0.2) is 22.0 Å². The fourth-order valence-electron chi connectivity index (χ4n) is 0.572. The van der Waals surface area contributed by atoms with Gasteiger partial charge < -0.3 is 5.02 Å². The van der Waals surface area contributed by atoms with Gasteiger partial charge in [-0.3, -0.25) is 0 Å². The third-order valence-corrected chi connectivity index (χ3v) is 1.21. The lowest BCUT2D eigenvalue weighted by molar-refractivity contribution is 0.499. The first-order valence-corrected chi connectivity index (χ1v) is 3.31. The zero-order valence-electron chi connectivity index (χ0n) is 6.99. The minimum absolute atomic E-state index is 0.198. The van der Waals surface area contributed by atoms with E-state index in [2.05, 4.69) is 0 Å². The quantitative estimate of drug-likeness (QED) is 0.432. The lowest BCUT2D eigenvalue weighted by atomic mass is 9.85. The second-order valence-corrected chi connectivity index (χ2v) is 2.16. The van der Waals surface area contributed by atoms with E-state index in [4.69, 9.17) is 5.02 Å². The molecule has 1 N–H and O–H groups in total. The van der Waals surface area contributed by atoms with Gasteiger partial charge in [0, 0.05) is 5.47 Å². The highest BCUT2D eigenvalue weighted by atomic mass is 19.2. The summed E-state index contributed by atoms with van der Waals surface area (Å²) in [6.07, 6.45) is -0.778. The van der Waals surface area contributed by atoms with Crippen LogP contribution in [-0.2, 0) is 0 Å². The zero-order valence-corrected chi connectivity index (χ0v) is 6.99. The fourth-order valence-corrected chi connectivity index (χ4v) is 0.572. The van der Waals surface area contributed by atoms with Crippen LogP contribution in [0.15, 0.2) is 35.1 Å². The Morgan fingerprint density at radius 1 is 1.14 bits per heavy atom. The van der Waals surface area contributed by atoms with Gasteiger partial charge in [0.25, 0.3) is 0 Å². The average molecular weight is 211 g/mol. The minimum Gasteiger partial charge on any atom is -0.450 e. The molecule has 0 heterocycles. The molecule has 0 fully saturated rings. The summed E-state index contributed by atoms with van der Waals surface area (Å²) in [6.45, 7) is 0.628. The third-order valence-electron chi connectivity index (χ3n) is 1.21. The molecule has 0 rings (SSSR count). The molecule has 0 amide bonds. The molecular weight excluding hydrogens is 206 g/mol. The minimum atomic E-state index is -2.04. The molecule has 0 aromatic rings. The van der Waals surface area contributed by atoms with Crippen LogP contribution in [0.25, 0.3) is 0 Å². The number of hydrogen-bond acceptors (Lipinski definition) is 1. The maximum absolute atomic E-state index is 12.6. The molecule has 77 valence electrons. The van der Waals surface area contributed by atoms with Crippen molar-refractivity contribution in [3.05, 3.63) is 35.1 Å². The van der Waals surface area contributed by atoms with Gasteiger partial charge in [0.2, 0.25) is 0 Å². The summed E-state index contributed by atoms with van der Waals surface area (Å²) < 4.78 is 61.1. The molecule has 0 saturated carbocycles. The summed E-state index contributed by atoms with van der Waals surface area (Å²) >= 11 is 0. The molecule has 0 aliphatic heterocycles. The monoisotopic (exact) mass is 211 g/mol. The Morgan fingerprint density at radius 2 is 1.64 bits per heavy atom. The van der Waals surface area contributed by atoms with Gasteiger partial charge in [-0.2, -0.15) is 0 Å². The zero-order chi connectivity index (χ0) is 11.3. The molecule has 1 nitrogen and oxygen atoms in total. The molecule has 0 atom stereocenters. The van der Waals surface area contributed by atoms with Crippen LogP contribution < -0.4 is 0 Å². The van der Waals surface area contributed by atoms with E-state index >= 15 is 0 Å². The maximum Gasteiger partial charge on any atom is 0.333 e. The first kappa shape index (κ1) is 12.9. The molecule has 0 bridgehead atoms. The van der Waals surface area contributed by atoms with Crippen molar-refractivity contribution < 1.29 is 27.0 Å². The molecule has 0 aromatic carbocycles. The molecule has 0 aromatic heterocycles. The number of hydrogen-bond donors (Lipinski definition) is 1. The first-order chi connectivity index (χ1) is 6.45. The van der Waals surface area contributed by atoms with Gasteiger partial charge in [-0.15, -0.1) is 0 Å². The van der Waals surface area contributed by atoms with Crippen LogP contribution in [0.2, 0.25) is 0 Å². The summed E-state index contributed by atoms with van der Waals surface area (Å²) in [6, 6.07) is 0. The highest BCUT2D eigenvalue weighted by molar-refractivity contribution is 6.38. The van der Waals surface area contributed by atoms with Crippen molar-refractivity contribution in [2.75, 3.05) is 0 Å². The molecule has 0 unspecified atom stereocenters. The van der Waals surface area contributed by atoms with Crippen molar-refractivity contribution in [2.24, 2.45) is 0 Å². The van der Waals surface area contributed by atoms with Gasteiger partial charge in [-0.05, 0) is 6.92 Å². The molecule has 14 heavy (non-hydrogen) atoms.